The first-order chi connectivity index (χ1) is 10.2. The van der Waals surface area contributed by atoms with Gasteiger partial charge in [0.2, 0.25) is 0 Å². The molecule has 0 radical (unpaired) electrons. The summed E-state index contributed by atoms with van der Waals surface area (Å²) in [4.78, 5) is 13.4. The van der Waals surface area contributed by atoms with E-state index in [2.05, 4.69) is 12.1 Å². The van der Waals surface area contributed by atoms with Crippen LogP contribution in [-0.4, -0.2) is 18.3 Å². The van der Waals surface area contributed by atoms with Crippen LogP contribution in [0.5, 0.6) is 0 Å². The van der Waals surface area contributed by atoms with E-state index < -0.39 is 5.97 Å². The van der Waals surface area contributed by atoms with E-state index in [0.717, 1.165) is 5.75 Å². The lowest BCUT2D eigenvalue weighted by molar-refractivity contribution is 0.0487. The van der Waals surface area contributed by atoms with E-state index >= 15 is 0 Å². The smallest absolute Gasteiger partial charge is 0.339 e. The molecule has 2 aromatic rings. The highest BCUT2D eigenvalue weighted by molar-refractivity contribution is 7.99. The van der Waals surface area contributed by atoms with Gasteiger partial charge >= 0.3 is 5.97 Å². The summed E-state index contributed by atoms with van der Waals surface area (Å²) in [6.45, 7) is 0.355. The monoisotopic (exact) mass is 319 g/mol. The number of nitrogen functional groups attached to an aromatic ring is 1. The van der Waals surface area contributed by atoms with Crippen LogP contribution in [0.1, 0.15) is 21.8 Å². The molecule has 1 aliphatic heterocycles. The van der Waals surface area contributed by atoms with E-state index in [9.17, 15) is 4.79 Å². The van der Waals surface area contributed by atoms with Crippen LogP contribution < -0.4 is 5.73 Å². The van der Waals surface area contributed by atoms with Crippen molar-refractivity contribution >= 4 is 35.0 Å². The largest absolute Gasteiger partial charge is 0.461 e. The number of thioether (sulfide) groups is 1. The highest BCUT2D eigenvalue weighted by Crippen LogP contribution is 2.39. The van der Waals surface area contributed by atoms with Gasteiger partial charge in [0.15, 0.2) is 0 Å². The van der Waals surface area contributed by atoms with Crippen LogP contribution in [0.4, 0.5) is 5.69 Å². The number of rotatable bonds is 3. The van der Waals surface area contributed by atoms with Gasteiger partial charge in [0, 0.05) is 16.6 Å². The molecule has 0 aromatic heterocycles. The van der Waals surface area contributed by atoms with Crippen LogP contribution in [0.3, 0.4) is 0 Å². The molecule has 3 nitrogen and oxygen atoms in total. The maximum atomic E-state index is 12.1. The molecule has 0 spiro atoms. The zero-order valence-corrected chi connectivity index (χ0v) is 12.8. The minimum Gasteiger partial charge on any atom is -0.461 e. The van der Waals surface area contributed by atoms with Gasteiger partial charge in [-0.1, -0.05) is 35.9 Å². The minimum atomic E-state index is -0.429. The van der Waals surface area contributed by atoms with Gasteiger partial charge in [-0.25, -0.2) is 4.79 Å². The maximum Gasteiger partial charge on any atom is 0.339 e. The van der Waals surface area contributed by atoms with Crippen LogP contribution in [0.25, 0.3) is 0 Å². The van der Waals surface area contributed by atoms with Gasteiger partial charge in [0.25, 0.3) is 0 Å². The third kappa shape index (κ3) is 2.87. The van der Waals surface area contributed by atoms with Crippen LogP contribution >= 0.6 is 23.4 Å². The fourth-order valence-electron chi connectivity index (χ4n) is 2.33. The molecule has 108 valence electrons. The first-order valence-electron chi connectivity index (χ1n) is 6.59. The normalized spacial score (nSPS) is 16.5. The summed E-state index contributed by atoms with van der Waals surface area (Å²) in [6, 6.07) is 13.2. The fourth-order valence-corrected chi connectivity index (χ4v) is 3.76. The van der Waals surface area contributed by atoms with Crippen molar-refractivity contribution in [2.45, 2.75) is 10.8 Å². The van der Waals surface area contributed by atoms with E-state index in [0.29, 0.717) is 17.9 Å². The molecule has 1 aliphatic rings. The molecule has 0 saturated heterocycles. The number of carbonyl (C=O) groups excluding carboxylic acids is 1. The van der Waals surface area contributed by atoms with E-state index in [1.807, 2.05) is 12.1 Å². The average Bonchev–Trinajstić information content (AvgIpc) is 2.91. The molecule has 5 heteroatoms. The Morgan fingerprint density at radius 2 is 2.10 bits per heavy atom. The summed E-state index contributed by atoms with van der Waals surface area (Å²) in [5, 5.41) is 0.253. The highest BCUT2D eigenvalue weighted by atomic mass is 35.5. The Morgan fingerprint density at radius 1 is 1.29 bits per heavy atom. The predicted octanol–water partition coefficient (Wildman–Crippen LogP) is 3.97. The molecule has 3 rings (SSSR count). The number of fused-ring (bicyclic) bond motifs is 1. The van der Waals surface area contributed by atoms with Crippen molar-refractivity contribution in [2.24, 2.45) is 0 Å². The van der Waals surface area contributed by atoms with Crippen molar-refractivity contribution < 1.29 is 9.53 Å². The Labute approximate surface area is 132 Å². The second-order valence-corrected chi connectivity index (χ2v) is 6.29. The van der Waals surface area contributed by atoms with Gasteiger partial charge in [0.1, 0.15) is 0 Å². The van der Waals surface area contributed by atoms with E-state index in [4.69, 9.17) is 22.1 Å². The Morgan fingerprint density at radius 3 is 2.95 bits per heavy atom. The summed E-state index contributed by atoms with van der Waals surface area (Å²) < 4.78 is 5.41. The molecule has 2 N–H and O–H groups in total. The minimum absolute atomic E-state index is 0.231. The molecule has 1 unspecified atom stereocenters. The molecule has 1 atom stereocenters. The number of carbonyl (C=O) groups is 1. The number of anilines is 1. The third-order valence-electron chi connectivity index (χ3n) is 3.46. The molecule has 0 aliphatic carbocycles. The van der Waals surface area contributed by atoms with Crippen molar-refractivity contribution in [3.8, 4) is 0 Å². The maximum absolute atomic E-state index is 12.1. The van der Waals surface area contributed by atoms with Crippen molar-refractivity contribution in [1.29, 1.82) is 0 Å². The number of ether oxygens (including phenoxy) is 1. The average molecular weight is 320 g/mol. The second kappa shape index (κ2) is 6.00. The van der Waals surface area contributed by atoms with Crippen molar-refractivity contribution in [2.75, 3.05) is 18.1 Å². The summed E-state index contributed by atoms with van der Waals surface area (Å²) in [7, 11) is 0. The molecule has 0 saturated carbocycles. The highest BCUT2D eigenvalue weighted by Gasteiger charge is 2.24. The number of hydrogen-bond donors (Lipinski definition) is 1. The first-order valence-corrected chi connectivity index (χ1v) is 7.96. The van der Waals surface area contributed by atoms with E-state index in [1.54, 1.807) is 30.0 Å². The Kier molecular flexibility index (Phi) is 4.08. The Hall–Kier alpha value is -1.65. The number of nitrogens with two attached hydrogens (primary N) is 1. The quantitative estimate of drug-likeness (QED) is 0.687. The molecule has 0 amide bonds. The molecule has 21 heavy (non-hydrogen) atoms. The zero-order valence-electron chi connectivity index (χ0n) is 11.2. The van der Waals surface area contributed by atoms with Gasteiger partial charge in [0.05, 0.1) is 22.9 Å². The molecule has 2 aromatic carbocycles. The van der Waals surface area contributed by atoms with Gasteiger partial charge in [-0.15, -0.1) is 11.8 Å². The molecule has 0 bridgehead atoms. The van der Waals surface area contributed by atoms with Crippen LogP contribution in [-0.2, 0) is 4.74 Å². The summed E-state index contributed by atoms with van der Waals surface area (Å²) in [6.07, 6.45) is 0. The lowest BCUT2D eigenvalue weighted by Crippen LogP contribution is -2.13. The lowest BCUT2D eigenvalue weighted by Gasteiger charge is -2.12. The van der Waals surface area contributed by atoms with Crippen LogP contribution in [0, 0.1) is 0 Å². The van der Waals surface area contributed by atoms with Gasteiger partial charge in [-0.2, -0.15) is 0 Å². The topological polar surface area (TPSA) is 52.3 Å². The molecular weight excluding hydrogens is 306 g/mol. The molecule has 1 heterocycles. The van der Waals surface area contributed by atoms with Crippen LogP contribution in [0.2, 0.25) is 5.02 Å². The molecular formula is C16H14ClNO2S. The van der Waals surface area contributed by atoms with E-state index in [-0.39, 0.29) is 10.9 Å². The van der Waals surface area contributed by atoms with Gasteiger partial charge < -0.3 is 10.5 Å². The van der Waals surface area contributed by atoms with Crippen molar-refractivity contribution in [1.82, 2.24) is 0 Å². The first kappa shape index (κ1) is 14.3. The molecule has 0 fully saturated rings. The van der Waals surface area contributed by atoms with Crippen molar-refractivity contribution in [3.05, 3.63) is 58.6 Å². The Bertz CT molecular complexity index is 690. The zero-order chi connectivity index (χ0) is 14.8. The number of esters is 1. The number of halogens is 1. The summed E-state index contributed by atoms with van der Waals surface area (Å²) >= 11 is 7.83. The fraction of sp³-hybridized carbons (Fsp3) is 0.188. The van der Waals surface area contributed by atoms with Crippen molar-refractivity contribution in [3.63, 3.8) is 0 Å². The number of benzene rings is 2. The summed E-state index contributed by atoms with van der Waals surface area (Å²) in [5.74, 6) is 0.730. The van der Waals surface area contributed by atoms with E-state index in [1.165, 1.54) is 10.5 Å². The Balaban J connectivity index is 1.69. The van der Waals surface area contributed by atoms with Gasteiger partial charge in [-0.3, -0.25) is 0 Å². The van der Waals surface area contributed by atoms with Gasteiger partial charge in [-0.05, 0) is 23.8 Å². The third-order valence-corrected chi connectivity index (χ3v) is 5.14. The SMILES string of the molecule is Nc1cccc(C(=O)OCC2CSc3ccccc32)c1Cl. The second-order valence-electron chi connectivity index (χ2n) is 4.85. The predicted molar refractivity (Wildman–Crippen MR) is 86.1 cm³/mol. The number of hydrogen-bond acceptors (Lipinski definition) is 4. The summed E-state index contributed by atoms with van der Waals surface area (Å²) in [5.41, 5.74) is 7.64. The standard InChI is InChI=1S/C16H14ClNO2S/c17-15-12(5-3-6-13(15)18)16(19)20-8-10-9-21-14-7-2-1-4-11(10)14/h1-7,10H,8-9,18H2. The van der Waals surface area contributed by atoms with Crippen LogP contribution in [0.15, 0.2) is 47.4 Å². The lowest BCUT2D eigenvalue weighted by atomic mass is 10.0.